The van der Waals surface area contributed by atoms with Crippen LogP contribution in [-0.2, 0) is 18.9 Å². The van der Waals surface area contributed by atoms with Crippen molar-refractivity contribution in [1.82, 2.24) is 14.3 Å². The molecule has 3 nitrogen and oxygen atoms in total. The van der Waals surface area contributed by atoms with E-state index in [2.05, 4.69) is 78.7 Å². The minimum absolute atomic E-state index is 0.0652. The predicted octanol–water partition coefficient (Wildman–Crippen LogP) is 4.86. The summed E-state index contributed by atoms with van der Waals surface area (Å²) in [5, 5.41) is 6.11. The fraction of sp³-hybridized carbons (Fsp3) is 0.227. The molecule has 0 unspecified atom stereocenters. The van der Waals surface area contributed by atoms with Crippen molar-refractivity contribution in [3.63, 3.8) is 0 Å². The molecule has 1 aliphatic rings. The normalized spacial score (nSPS) is 15.2. The molecule has 25 heavy (non-hydrogen) atoms. The van der Waals surface area contributed by atoms with Gasteiger partial charge in [-0.2, -0.15) is 5.10 Å². The highest BCUT2D eigenvalue weighted by Gasteiger charge is 2.37. The predicted molar refractivity (Wildman–Crippen MR) is 102 cm³/mol. The fourth-order valence-corrected chi connectivity index (χ4v) is 4.43. The van der Waals surface area contributed by atoms with Crippen molar-refractivity contribution in [3.05, 3.63) is 72.1 Å². The van der Waals surface area contributed by atoms with Crippen molar-refractivity contribution in [2.75, 3.05) is 0 Å². The average molecular weight is 327 g/mol. The Morgan fingerprint density at radius 2 is 1.68 bits per heavy atom. The Morgan fingerprint density at radius 3 is 2.48 bits per heavy atom. The standard InChI is InChI=1S/C22H21N3/c1-22(2)13-19-17(14-23-25(19)15-9-5-4-6-10-15)21-20(22)16-11-7-8-12-18(16)24(21)3/h4-12,14H,13H2,1-3H3. The Kier molecular flexibility index (Phi) is 2.82. The number of fused-ring (bicyclic) bond motifs is 5. The zero-order chi connectivity index (χ0) is 17.2. The molecule has 4 aromatic rings. The van der Waals surface area contributed by atoms with Crippen LogP contribution in [0.15, 0.2) is 60.8 Å². The van der Waals surface area contributed by atoms with E-state index >= 15 is 0 Å². The van der Waals surface area contributed by atoms with Gasteiger partial charge in [0.2, 0.25) is 0 Å². The van der Waals surface area contributed by atoms with Gasteiger partial charge in [-0.15, -0.1) is 0 Å². The average Bonchev–Trinajstić information content (AvgIpc) is 3.15. The molecule has 3 heteroatoms. The number of hydrogen-bond acceptors (Lipinski definition) is 1. The van der Waals surface area contributed by atoms with Crippen LogP contribution in [0, 0.1) is 0 Å². The number of nitrogens with zero attached hydrogens (tertiary/aromatic N) is 3. The van der Waals surface area contributed by atoms with Gasteiger partial charge in [0.15, 0.2) is 0 Å². The van der Waals surface area contributed by atoms with Crippen molar-refractivity contribution < 1.29 is 0 Å². The Balaban J connectivity index is 1.86. The van der Waals surface area contributed by atoms with Crippen LogP contribution in [0.25, 0.3) is 27.8 Å². The van der Waals surface area contributed by atoms with E-state index in [-0.39, 0.29) is 5.41 Å². The van der Waals surface area contributed by atoms with Gasteiger partial charge in [-0.05, 0) is 35.6 Å². The molecule has 0 saturated carbocycles. The van der Waals surface area contributed by atoms with Gasteiger partial charge in [-0.3, -0.25) is 0 Å². The maximum atomic E-state index is 4.75. The van der Waals surface area contributed by atoms with Crippen LogP contribution in [0.1, 0.15) is 25.1 Å². The molecule has 124 valence electrons. The summed E-state index contributed by atoms with van der Waals surface area (Å²) < 4.78 is 4.44. The lowest BCUT2D eigenvalue weighted by molar-refractivity contribution is 0.504. The van der Waals surface area contributed by atoms with Crippen LogP contribution >= 0.6 is 0 Å². The summed E-state index contributed by atoms with van der Waals surface area (Å²) in [6.45, 7) is 4.70. The van der Waals surface area contributed by atoms with Crippen LogP contribution < -0.4 is 0 Å². The second-order valence-corrected chi connectivity index (χ2v) is 7.61. The van der Waals surface area contributed by atoms with Crippen LogP contribution in [0.2, 0.25) is 0 Å². The van der Waals surface area contributed by atoms with E-state index in [9.17, 15) is 0 Å². The number of rotatable bonds is 1. The SMILES string of the molecule is Cn1c2c(c3ccccc31)C(C)(C)Cc1c-2cnn1-c1ccccc1. The number of aromatic nitrogens is 3. The Hall–Kier alpha value is -2.81. The summed E-state index contributed by atoms with van der Waals surface area (Å²) in [5.74, 6) is 0. The van der Waals surface area contributed by atoms with E-state index in [0.29, 0.717) is 0 Å². The first-order chi connectivity index (χ1) is 12.1. The molecule has 0 radical (unpaired) electrons. The highest BCUT2D eigenvalue weighted by molar-refractivity contribution is 5.94. The molecule has 2 aromatic heterocycles. The van der Waals surface area contributed by atoms with Crippen molar-refractivity contribution >= 4 is 10.9 Å². The summed E-state index contributed by atoms with van der Waals surface area (Å²) in [6.07, 6.45) is 3.02. The molecule has 0 atom stereocenters. The summed E-state index contributed by atoms with van der Waals surface area (Å²) in [6, 6.07) is 19.2. The molecule has 0 saturated heterocycles. The quantitative estimate of drug-likeness (QED) is 0.489. The van der Waals surface area contributed by atoms with Gasteiger partial charge >= 0.3 is 0 Å². The maximum absolute atomic E-state index is 4.75. The summed E-state index contributed by atoms with van der Waals surface area (Å²) >= 11 is 0. The highest BCUT2D eigenvalue weighted by Crippen LogP contribution is 2.47. The zero-order valence-electron chi connectivity index (χ0n) is 14.8. The van der Waals surface area contributed by atoms with E-state index in [1.54, 1.807) is 0 Å². The third-order valence-corrected chi connectivity index (χ3v) is 5.52. The van der Waals surface area contributed by atoms with Crippen molar-refractivity contribution in [1.29, 1.82) is 0 Å². The first-order valence-electron chi connectivity index (χ1n) is 8.78. The molecule has 0 fully saturated rings. The van der Waals surface area contributed by atoms with Crippen LogP contribution in [-0.4, -0.2) is 14.3 Å². The highest BCUT2D eigenvalue weighted by atomic mass is 15.3. The van der Waals surface area contributed by atoms with Gasteiger partial charge in [0, 0.05) is 23.5 Å². The minimum atomic E-state index is 0.0652. The van der Waals surface area contributed by atoms with E-state index in [0.717, 1.165) is 12.1 Å². The Bertz CT molecular complexity index is 1100. The smallest absolute Gasteiger partial charge is 0.0649 e. The van der Waals surface area contributed by atoms with Gasteiger partial charge in [0.1, 0.15) is 0 Å². The first kappa shape index (κ1) is 14.5. The number of aryl methyl sites for hydroxylation is 1. The largest absolute Gasteiger partial charge is 0.343 e. The minimum Gasteiger partial charge on any atom is -0.343 e. The number of hydrogen-bond donors (Lipinski definition) is 0. The molecule has 0 aliphatic heterocycles. The molecule has 0 amide bonds. The Labute approximate surface area is 147 Å². The lowest BCUT2D eigenvalue weighted by atomic mass is 9.73. The van der Waals surface area contributed by atoms with Crippen molar-refractivity contribution in [3.8, 4) is 16.9 Å². The van der Waals surface area contributed by atoms with E-state index < -0.39 is 0 Å². The zero-order valence-corrected chi connectivity index (χ0v) is 14.8. The van der Waals surface area contributed by atoms with Gasteiger partial charge in [-0.25, -0.2) is 4.68 Å². The topological polar surface area (TPSA) is 22.8 Å². The number of para-hydroxylation sites is 2. The van der Waals surface area contributed by atoms with Gasteiger partial charge < -0.3 is 4.57 Å². The van der Waals surface area contributed by atoms with E-state index in [1.807, 2.05) is 12.3 Å². The summed E-state index contributed by atoms with van der Waals surface area (Å²) in [4.78, 5) is 0. The Morgan fingerprint density at radius 1 is 0.960 bits per heavy atom. The third kappa shape index (κ3) is 1.89. The van der Waals surface area contributed by atoms with E-state index in [1.165, 1.54) is 33.4 Å². The number of benzene rings is 2. The molecular weight excluding hydrogens is 306 g/mol. The summed E-state index contributed by atoms with van der Waals surface area (Å²) in [7, 11) is 2.17. The maximum Gasteiger partial charge on any atom is 0.0649 e. The molecule has 2 aromatic carbocycles. The van der Waals surface area contributed by atoms with E-state index in [4.69, 9.17) is 5.10 Å². The van der Waals surface area contributed by atoms with Gasteiger partial charge in [-0.1, -0.05) is 50.2 Å². The first-order valence-corrected chi connectivity index (χ1v) is 8.78. The van der Waals surface area contributed by atoms with Gasteiger partial charge in [0.25, 0.3) is 0 Å². The van der Waals surface area contributed by atoms with Crippen LogP contribution in [0.4, 0.5) is 0 Å². The van der Waals surface area contributed by atoms with Crippen LogP contribution in [0.5, 0.6) is 0 Å². The van der Waals surface area contributed by atoms with Crippen molar-refractivity contribution in [2.45, 2.75) is 25.7 Å². The molecule has 0 bridgehead atoms. The van der Waals surface area contributed by atoms with Gasteiger partial charge in [0.05, 0.1) is 23.3 Å². The third-order valence-electron chi connectivity index (χ3n) is 5.52. The molecular formula is C22H21N3. The second-order valence-electron chi connectivity index (χ2n) is 7.61. The van der Waals surface area contributed by atoms with Crippen LogP contribution in [0.3, 0.4) is 0 Å². The molecule has 2 heterocycles. The lowest BCUT2D eigenvalue weighted by Crippen LogP contribution is -2.27. The fourth-order valence-electron chi connectivity index (χ4n) is 4.43. The van der Waals surface area contributed by atoms with Crippen molar-refractivity contribution in [2.24, 2.45) is 7.05 Å². The monoisotopic (exact) mass is 327 g/mol. The lowest BCUT2D eigenvalue weighted by Gasteiger charge is -2.31. The second kappa shape index (κ2) is 4.85. The molecule has 0 N–H and O–H groups in total. The molecule has 0 spiro atoms. The molecule has 1 aliphatic carbocycles. The molecule has 5 rings (SSSR count). The summed E-state index contributed by atoms with van der Waals surface area (Å²) in [5.41, 5.74) is 7.81.